The van der Waals surface area contributed by atoms with E-state index in [1.165, 1.54) is 12.1 Å². The molecule has 1 aliphatic rings. The maximum atomic E-state index is 13.1. The Balaban J connectivity index is 1.46. The summed E-state index contributed by atoms with van der Waals surface area (Å²) in [5, 5.41) is 4.38. The van der Waals surface area contributed by atoms with Crippen molar-refractivity contribution in [1.29, 1.82) is 0 Å². The molecule has 1 fully saturated rings. The molecule has 0 aliphatic carbocycles. The van der Waals surface area contributed by atoms with E-state index in [2.05, 4.69) is 39.0 Å². The van der Waals surface area contributed by atoms with E-state index in [9.17, 15) is 8.60 Å². The Bertz CT molecular complexity index is 972. The normalized spacial score (nSPS) is 17.4. The zero-order valence-corrected chi connectivity index (χ0v) is 16.8. The van der Waals surface area contributed by atoms with Crippen LogP contribution in [0.1, 0.15) is 6.92 Å². The van der Waals surface area contributed by atoms with Crippen molar-refractivity contribution in [3.05, 3.63) is 66.7 Å². The maximum absolute atomic E-state index is 13.1. The third-order valence-electron chi connectivity index (χ3n) is 5.15. The van der Waals surface area contributed by atoms with Crippen LogP contribution in [0.5, 0.6) is 0 Å². The second-order valence-electron chi connectivity index (χ2n) is 7.03. The molecule has 0 saturated carbocycles. The Morgan fingerprint density at radius 2 is 1.64 bits per heavy atom. The van der Waals surface area contributed by atoms with Crippen LogP contribution in [0.3, 0.4) is 0 Å². The molecule has 5 nitrogen and oxygen atoms in total. The minimum Gasteiger partial charge on any atom is -0.370 e. The van der Waals surface area contributed by atoms with Gasteiger partial charge in [-0.25, -0.2) is 9.07 Å². The van der Waals surface area contributed by atoms with Crippen LogP contribution < -0.4 is 9.62 Å². The summed E-state index contributed by atoms with van der Waals surface area (Å²) in [7, 11) is -2.18. The monoisotopic (exact) mass is 400 g/mol. The lowest BCUT2D eigenvalue weighted by Gasteiger charge is -2.37. The van der Waals surface area contributed by atoms with Gasteiger partial charge in [0.1, 0.15) is 5.82 Å². The molecule has 1 aliphatic heterocycles. The first-order chi connectivity index (χ1) is 13.6. The van der Waals surface area contributed by atoms with Gasteiger partial charge < -0.3 is 4.90 Å². The highest BCUT2D eigenvalue weighted by atomic mass is 32.3. The largest absolute Gasteiger partial charge is 0.370 e. The first-order valence-corrected chi connectivity index (χ1v) is 11.6. The molecule has 148 valence electrons. The van der Waals surface area contributed by atoms with Crippen molar-refractivity contribution in [2.24, 2.45) is 0 Å². The molecule has 0 amide bonds. The third-order valence-corrected chi connectivity index (χ3v) is 7.89. The van der Waals surface area contributed by atoms with Crippen molar-refractivity contribution >= 4 is 15.8 Å². The number of thiol groups is 1. The molecule has 1 saturated heterocycles. The summed E-state index contributed by atoms with van der Waals surface area (Å²) in [6, 6.07) is 14.6. The van der Waals surface area contributed by atoms with Crippen LogP contribution in [-0.2, 0) is 10.1 Å². The van der Waals surface area contributed by atoms with E-state index in [1.807, 2.05) is 19.3 Å². The summed E-state index contributed by atoms with van der Waals surface area (Å²) in [5.74, 6) is 1.17. The molecular weight excluding hydrogens is 375 g/mol. The lowest BCUT2D eigenvalue weighted by Crippen LogP contribution is -2.50. The van der Waals surface area contributed by atoms with Crippen LogP contribution in [0.25, 0.3) is 16.8 Å². The van der Waals surface area contributed by atoms with Gasteiger partial charge in [-0.1, -0.05) is 29.2 Å². The summed E-state index contributed by atoms with van der Waals surface area (Å²) in [6.45, 7) is 4.39. The summed E-state index contributed by atoms with van der Waals surface area (Å²) in [4.78, 5) is 2.29. The molecule has 28 heavy (non-hydrogen) atoms. The van der Waals surface area contributed by atoms with Crippen molar-refractivity contribution in [3.63, 3.8) is 0 Å². The van der Waals surface area contributed by atoms with Gasteiger partial charge in [0.15, 0.2) is 0 Å². The highest BCUT2D eigenvalue weighted by molar-refractivity contribution is 8.01. The van der Waals surface area contributed by atoms with Crippen LogP contribution in [0.4, 0.5) is 10.1 Å². The molecule has 2 heterocycles. The highest BCUT2D eigenvalue weighted by Crippen LogP contribution is 2.25. The van der Waals surface area contributed by atoms with Crippen molar-refractivity contribution < 1.29 is 8.60 Å². The number of halogens is 1. The minimum atomic E-state index is -2.18. The second kappa shape index (κ2) is 7.85. The Morgan fingerprint density at radius 1 is 1.00 bits per heavy atom. The number of nitrogens with zero attached hydrogens (tertiary/aromatic N) is 3. The molecule has 0 bridgehead atoms. The fourth-order valence-corrected chi connectivity index (χ4v) is 5.81. The van der Waals surface area contributed by atoms with Gasteiger partial charge in [0.05, 0.1) is 11.9 Å². The number of hydrogen-bond donors (Lipinski definition) is 2. The van der Waals surface area contributed by atoms with E-state index in [1.54, 1.807) is 16.8 Å². The first kappa shape index (κ1) is 18.8. The van der Waals surface area contributed by atoms with E-state index in [0.29, 0.717) is 11.5 Å². The molecule has 0 radical (unpaired) electrons. The van der Waals surface area contributed by atoms with Crippen LogP contribution in [0.2, 0.25) is 0 Å². The predicted octanol–water partition coefficient (Wildman–Crippen LogP) is 3.04. The molecule has 4 rings (SSSR count). The van der Waals surface area contributed by atoms with Crippen LogP contribution in [0, 0.1) is 5.82 Å². The summed E-state index contributed by atoms with van der Waals surface area (Å²) < 4.78 is 30.6. The number of hydrogen-bond acceptors (Lipinski definition) is 3. The lowest BCUT2D eigenvalue weighted by molar-refractivity contribution is 0.627. The molecule has 0 unspecified atom stereocenters. The average molecular weight is 401 g/mol. The number of nitrogens with one attached hydrogen (secondary N) is 1. The third kappa shape index (κ3) is 4.00. The smallest absolute Gasteiger partial charge is 0.123 e. The van der Waals surface area contributed by atoms with Gasteiger partial charge in [0.2, 0.25) is 0 Å². The van der Waals surface area contributed by atoms with E-state index < -0.39 is 10.1 Å². The molecule has 2 aromatic carbocycles. The number of anilines is 1. The standard InChI is InChI=1S/C21H25FN4OS/c1-2-24-28(27)13-11-25(12-14-28)20-7-3-17(4-8-20)18-15-23-26(16-18)21-9-5-19(22)6-10-21/h3-10,15-16,28H,2,11-14H2,1H3,(H,24,27). The zero-order chi connectivity index (χ0) is 19.6. The summed E-state index contributed by atoms with van der Waals surface area (Å²) in [6.07, 6.45) is 3.75. The van der Waals surface area contributed by atoms with Crippen LogP contribution >= 0.6 is 0 Å². The number of rotatable bonds is 5. The van der Waals surface area contributed by atoms with Crippen molar-refractivity contribution in [1.82, 2.24) is 14.5 Å². The maximum Gasteiger partial charge on any atom is 0.123 e. The van der Waals surface area contributed by atoms with Crippen LogP contribution in [-0.4, -0.2) is 45.1 Å². The van der Waals surface area contributed by atoms with Gasteiger partial charge in [-0.3, -0.25) is 8.93 Å². The number of benzene rings is 2. The topological polar surface area (TPSA) is 50.2 Å². The lowest BCUT2D eigenvalue weighted by atomic mass is 10.1. The average Bonchev–Trinajstić information content (AvgIpc) is 3.20. The quantitative estimate of drug-likeness (QED) is 0.648. The van der Waals surface area contributed by atoms with Gasteiger partial charge in [0, 0.05) is 48.6 Å². The molecular formula is C21H25FN4OS. The van der Waals surface area contributed by atoms with Gasteiger partial charge in [-0.15, -0.1) is 0 Å². The van der Waals surface area contributed by atoms with E-state index in [-0.39, 0.29) is 5.82 Å². The van der Waals surface area contributed by atoms with E-state index in [4.69, 9.17) is 0 Å². The molecule has 0 atom stereocenters. The molecule has 1 aromatic heterocycles. The van der Waals surface area contributed by atoms with Crippen LogP contribution in [0.15, 0.2) is 60.9 Å². The minimum absolute atomic E-state index is 0.258. The Kier molecular flexibility index (Phi) is 5.28. The first-order valence-electron chi connectivity index (χ1n) is 9.55. The SMILES string of the molecule is CCN[SH]1(=O)CCN(c2ccc(-c3cnn(-c4ccc(F)cc4)c3)cc2)CC1. The Hall–Kier alpha value is -2.51. The van der Waals surface area contributed by atoms with Gasteiger partial charge in [-0.05, 0) is 42.0 Å². The molecule has 0 spiro atoms. The summed E-state index contributed by atoms with van der Waals surface area (Å²) in [5.41, 5.74) is 4.05. The van der Waals surface area contributed by atoms with E-state index >= 15 is 0 Å². The van der Waals surface area contributed by atoms with Gasteiger partial charge >= 0.3 is 0 Å². The zero-order valence-electron chi connectivity index (χ0n) is 15.9. The fraction of sp³-hybridized carbons (Fsp3) is 0.286. The summed E-state index contributed by atoms with van der Waals surface area (Å²) >= 11 is 0. The van der Waals surface area contributed by atoms with Gasteiger partial charge in [0.25, 0.3) is 0 Å². The van der Waals surface area contributed by atoms with Gasteiger partial charge in [-0.2, -0.15) is 5.10 Å². The Labute approximate surface area is 165 Å². The second-order valence-corrected chi connectivity index (χ2v) is 10.0. The molecule has 7 heteroatoms. The van der Waals surface area contributed by atoms with Crippen molar-refractivity contribution in [2.75, 3.05) is 36.0 Å². The predicted molar refractivity (Wildman–Crippen MR) is 114 cm³/mol. The number of aromatic nitrogens is 2. The molecule has 3 aromatic rings. The highest BCUT2D eigenvalue weighted by Gasteiger charge is 2.22. The van der Waals surface area contributed by atoms with E-state index in [0.717, 1.165) is 42.1 Å². The van der Waals surface area contributed by atoms with Crippen molar-refractivity contribution in [3.8, 4) is 16.8 Å². The Morgan fingerprint density at radius 3 is 2.29 bits per heavy atom. The van der Waals surface area contributed by atoms with Crippen molar-refractivity contribution in [2.45, 2.75) is 6.92 Å². The fourth-order valence-electron chi connectivity index (χ4n) is 3.56. The molecule has 1 N–H and O–H groups in total.